The Balaban J connectivity index is 2.10. The van der Waals surface area contributed by atoms with Gasteiger partial charge in [0.2, 0.25) is 0 Å². The smallest absolute Gasteiger partial charge is 0.299 e. The molecule has 108 valence electrons. The van der Waals surface area contributed by atoms with Crippen LogP contribution in [0, 0.1) is 20.8 Å². The lowest BCUT2D eigenvalue weighted by molar-refractivity contribution is -0.114. The Bertz CT molecular complexity index is 760. The highest BCUT2D eigenvalue weighted by Gasteiger charge is 2.38. The van der Waals surface area contributed by atoms with E-state index in [1.54, 1.807) is 13.0 Å². The molecule has 2 aromatic rings. The average molecular weight is 349 g/mol. The highest BCUT2D eigenvalue weighted by Crippen LogP contribution is 2.36. The Morgan fingerprint density at radius 2 is 1.95 bits per heavy atom. The lowest BCUT2D eigenvalue weighted by atomic mass is 10.1. The Morgan fingerprint density at radius 1 is 1.24 bits per heavy atom. The Hall–Kier alpha value is -1.95. The molecule has 0 saturated heterocycles. The molecule has 0 bridgehead atoms. The lowest BCUT2D eigenvalue weighted by Crippen LogP contribution is -2.29. The minimum absolute atomic E-state index is 0.293. The number of benzene rings is 1. The van der Waals surface area contributed by atoms with Crippen LogP contribution in [-0.2, 0) is 11.3 Å². The maximum atomic E-state index is 12.3. The molecule has 1 aromatic heterocycles. The second-order valence-corrected chi connectivity index (χ2v) is 6.06. The fraction of sp³-hybridized carbons (Fsp3) is 0.267. The van der Waals surface area contributed by atoms with E-state index in [4.69, 9.17) is 4.52 Å². The van der Waals surface area contributed by atoms with E-state index in [0.717, 1.165) is 21.3 Å². The van der Waals surface area contributed by atoms with Crippen LogP contribution in [0.3, 0.4) is 0 Å². The van der Waals surface area contributed by atoms with Crippen molar-refractivity contribution in [1.29, 1.82) is 0 Å². The number of aryl methyl sites for hydroxylation is 3. The van der Waals surface area contributed by atoms with Gasteiger partial charge in [-0.1, -0.05) is 21.1 Å². The number of anilines is 1. The van der Waals surface area contributed by atoms with E-state index in [-0.39, 0.29) is 0 Å². The van der Waals surface area contributed by atoms with Crippen molar-refractivity contribution in [2.75, 3.05) is 4.90 Å². The van der Waals surface area contributed by atoms with Crippen LogP contribution in [0.5, 0.6) is 0 Å². The number of halogens is 1. The summed E-state index contributed by atoms with van der Waals surface area (Å²) in [6, 6.07) is 3.58. The van der Waals surface area contributed by atoms with Crippen LogP contribution < -0.4 is 4.90 Å². The number of hydrogen-bond acceptors (Lipinski definition) is 4. The molecule has 1 aliphatic rings. The molecule has 0 atom stereocenters. The van der Waals surface area contributed by atoms with Gasteiger partial charge in [0.05, 0.1) is 23.5 Å². The van der Waals surface area contributed by atoms with Gasteiger partial charge in [0, 0.05) is 10.0 Å². The van der Waals surface area contributed by atoms with E-state index in [9.17, 15) is 9.59 Å². The molecule has 0 saturated carbocycles. The fourth-order valence-corrected chi connectivity index (χ4v) is 3.22. The summed E-state index contributed by atoms with van der Waals surface area (Å²) in [4.78, 5) is 25.9. The van der Waals surface area contributed by atoms with Crippen LogP contribution in [0.15, 0.2) is 21.1 Å². The number of nitrogens with zero attached hydrogens (tertiary/aromatic N) is 2. The molecule has 1 aromatic carbocycles. The first-order chi connectivity index (χ1) is 9.90. The third-order valence-electron chi connectivity index (χ3n) is 3.72. The molecule has 0 radical (unpaired) electrons. The first kappa shape index (κ1) is 14.0. The van der Waals surface area contributed by atoms with Crippen molar-refractivity contribution in [2.45, 2.75) is 27.3 Å². The second-order valence-electron chi connectivity index (χ2n) is 5.14. The summed E-state index contributed by atoms with van der Waals surface area (Å²) in [6.45, 7) is 5.80. The summed E-state index contributed by atoms with van der Waals surface area (Å²) >= 11 is 3.36. The molecule has 2 heterocycles. The van der Waals surface area contributed by atoms with Gasteiger partial charge in [0.25, 0.3) is 11.7 Å². The second kappa shape index (κ2) is 4.80. The zero-order chi connectivity index (χ0) is 15.3. The average Bonchev–Trinajstić information content (AvgIpc) is 2.85. The number of Topliss-reactive ketones (excluding diaryl/α,β-unsaturated/α-hetero) is 1. The number of amides is 1. The maximum absolute atomic E-state index is 12.3. The SMILES string of the molecule is Cc1cc(Br)cc2c1N(Cc1c(C)noc1C)C(=O)C2=O. The number of rotatable bonds is 2. The topological polar surface area (TPSA) is 63.4 Å². The zero-order valence-electron chi connectivity index (χ0n) is 11.9. The summed E-state index contributed by atoms with van der Waals surface area (Å²) in [5, 5.41) is 3.89. The molecule has 5 nitrogen and oxygen atoms in total. The van der Waals surface area contributed by atoms with Crippen LogP contribution in [0.2, 0.25) is 0 Å². The molecular weight excluding hydrogens is 336 g/mol. The summed E-state index contributed by atoms with van der Waals surface area (Å²) in [6.07, 6.45) is 0. The van der Waals surface area contributed by atoms with Crippen LogP contribution in [0.4, 0.5) is 5.69 Å². The molecule has 1 aliphatic heterocycles. The minimum Gasteiger partial charge on any atom is -0.361 e. The highest BCUT2D eigenvalue weighted by atomic mass is 79.9. The summed E-state index contributed by atoms with van der Waals surface area (Å²) in [5.74, 6) is -0.316. The number of carbonyl (C=O) groups excluding carboxylic acids is 2. The number of ketones is 1. The molecule has 0 aliphatic carbocycles. The van der Waals surface area contributed by atoms with Crippen molar-refractivity contribution in [3.05, 3.63) is 44.7 Å². The van der Waals surface area contributed by atoms with Crippen molar-refractivity contribution >= 4 is 33.3 Å². The summed E-state index contributed by atoms with van der Waals surface area (Å²) in [5.41, 5.74) is 3.57. The number of fused-ring (bicyclic) bond motifs is 1. The summed E-state index contributed by atoms with van der Waals surface area (Å²) in [7, 11) is 0. The summed E-state index contributed by atoms with van der Waals surface area (Å²) < 4.78 is 5.92. The van der Waals surface area contributed by atoms with E-state index < -0.39 is 11.7 Å². The van der Waals surface area contributed by atoms with E-state index in [1.165, 1.54) is 4.90 Å². The van der Waals surface area contributed by atoms with Gasteiger partial charge in [-0.3, -0.25) is 14.5 Å². The van der Waals surface area contributed by atoms with E-state index >= 15 is 0 Å². The van der Waals surface area contributed by atoms with Gasteiger partial charge in [-0.05, 0) is 38.5 Å². The zero-order valence-corrected chi connectivity index (χ0v) is 13.4. The molecule has 3 rings (SSSR count). The van der Waals surface area contributed by atoms with Gasteiger partial charge in [-0.25, -0.2) is 0 Å². The third-order valence-corrected chi connectivity index (χ3v) is 4.17. The van der Waals surface area contributed by atoms with Gasteiger partial charge in [0.1, 0.15) is 5.76 Å². The van der Waals surface area contributed by atoms with E-state index in [1.807, 2.05) is 19.9 Å². The molecule has 21 heavy (non-hydrogen) atoms. The maximum Gasteiger partial charge on any atom is 0.299 e. The fourth-order valence-electron chi connectivity index (χ4n) is 2.64. The van der Waals surface area contributed by atoms with Crippen molar-refractivity contribution in [3.63, 3.8) is 0 Å². The predicted octanol–water partition coefficient (Wildman–Crippen LogP) is 3.09. The number of hydrogen-bond donors (Lipinski definition) is 0. The standard InChI is InChI=1S/C15H13BrN2O3/c1-7-4-10(16)5-11-13(7)18(15(20)14(11)19)6-12-8(2)17-21-9(12)3/h4-5H,6H2,1-3H3. The van der Waals surface area contributed by atoms with Gasteiger partial charge < -0.3 is 4.52 Å². The van der Waals surface area contributed by atoms with Gasteiger partial charge in [-0.15, -0.1) is 0 Å². The van der Waals surface area contributed by atoms with Gasteiger partial charge in [0.15, 0.2) is 0 Å². The third kappa shape index (κ3) is 2.10. The molecule has 0 unspecified atom stereocenters. The molecule has 0 N–H and O–H groups in total. The quantitative estimate of drug-likeness (QED) is 0.782. The van der Waals surface area contributed by atoms with Crippen molar-refractivity contribution in [3.8, 4) is 0 Å². The van der Waals surface area contributed by atoms with Crippen LogP contribution in [-0.4, -0.2) is 16.8 Å². The molecule has 6 heteroatoms. The van der Waals surface area contributed by atoms with Crippen molar-refractivity contribution in [2.24, 2.45) is 0 Å². The van der Waals surface area contributed by atoms with Crippen LogP contribution in [0.25, 0.3) is 0 Å². The van der Waals surface area contributed by atoms with Gasteiger partial charge >= 0.3 is 0 Å². The normalized spacial score (nSPS) is 14.0. The monoisotopic (exact) mass is 348 g/mol. The predicted molar refractivity (Wildman–Crippen MR) is 80.4 cm³/mol. The van der Waals surface area contributed by atoms with Gasteiger partial charge in [-0.2, -0.15) is 0 Å². The van der Waals surface area contributed by atoms with Crippen molar-refractivity contribution in [1.82, 2.24) is 5.16 Å². The van der Waals surface area contributed by atoms with Crippen molar-refractivity contribution < 1.29 is 14.1 Å². The van der Waals surface area contributed by atoms with E-state index in [2.05, 4.69) is 21.1 Å². The van der Waals surface area contributed by atoms with Crippen LogP contribution >= 0.6 is 15.9 Å². The molecule has 0 fully saturated rings. The minimum atomic E-state index is -0.508. The Kier molecular flexibility index (Phi) is 3.20. The first-order valence-corrected chi connectivity index (χ1v) is 7.27. The lowest BCUT2D eigenvalue weighted by Gasteiger charge is -2.18. The first-order valence-electron chi connectivity index (χ1n) is 6.48. The number of aromatic nitrogens is 1. The molecule has 0 spiro atoms. The van der Waals surface area contributed by atoms with E-state index in [0.29, 0.717) is 23.6 Å². The highest BCUT2D eigenvalue weighted by molar-refractivity contribution is 9.10. The molecule has 1 amide bonds. The van der Waals surface area contributed by atoms with Crippen LogP contribution in [0.1, 0.15) is 32.9 Å². The Morgan fingerprint density at radius 3 is 2.57 bits per heavy atom. The number of carbonyl (C=O) groups is 2. The largest absolute Gasteiger partial charge is 0.361 e. The Labute approximate surface area is 130 Å². The molecular formula is C15H13BrN2O3.